The molecule has 0 spiro atoms. The van der Waals surface area contributed by atoms with Crippen molar-refractivity contribution >= 4 is 40.8 Å². The van der Waals surface area contributed by atoms with Crippen LogP contribution in [0.15, 0.2) is 48.0 Å². The molecule has 7 rings (SSSR count). The monoisotopic (exact) mass is 707 g/mol. The first-order valence-corrected chi connectivity index (χ1v) is 18.0. The van der Waals surface area contributed by atoms with Crippen molar-refractivity contribution in [3.8, 4) is 0 Å². The number of hydrogen-bond donors (Lipinski definition) is 1. The van der Waals surface area contributed by atoms with Gasteiger partial charge in [0.25, 0.3) is 11.8 Å². The van der Waals surface area contributed by atoms with Gasteiger partial charge < -0.3 is 9.80 Å². The Labute approximate surface area is 296 Å². The van der Waals surface area contributed by atoms with Crippen LogP contribution in [-0.4, -0.2) is 101 Å². The Balaban J connectivity index is 0.980. The molecule has 0 bridgehead atoms. The van der Waals surface area contributed by atoms with E-state index in [0.29, 0.717) is 55.3 Å². The molecule has 2 atom stereocenters. The van der Waals surface area contributed by atoms with Gasteiger partial charge in [-0.2, -0.15) is 0 Å². The normalized spacial score (nSPS) is 25.9. The lowest BCUT2D eigenvalue weighted by Gasteiger charge is -2.46. The summed E-state index contributed by atoms with van der Waals surface area (Å²) in [4.78, 5) is 58.4. The van der Waals surface area contributed by atoms with Gasteiger partial charge in [0.1, 0.15) is 6.04 Å². The second-order valence-electron chi connectivity index (χ2n) is 15.3. The lowest BCUT2D eigenvalue weighted by Crippen LogP contribution is -2.62. The molecule has 9 nitrogen and oxygen atoms in total. The van der Waals surface area contributed by atoms with Gasteiger partial charge >= 0.3 is 0 Å². The molecule has 50 heavy (non-hydrogen) atoms. The van der Waals surface area contributed by atoms with Crippen LogP contribution in [0, 0.1) is 5.41 Å². The van der Waals surface area contributed by atoms with Crippen LogP contribution < -0.4 is 5.32 Å². The van der Waals surface area contributed by atoms with E-state index in [0.717, 1.165) is 35.1 Å². The van der Waals surface area contributed by atoms with E-state index in [1.54, 1.807) is 11.0 Å². The molecule has 266 valence electrons. The number of carbonyl (C=O) groups is 4. The minimum Gasteiger partial charge on any atom is -0.336 e. The lowest BCUT2D eigenvalue weighted by atomic mass is 9.72. The van der Waals surface area contributed by atoms with Gasteiger partial charge in [0.15, 0.2) is 0 Å². The van der Waals surface area contributed by atoms with Crippen LogP contribution in [0.1, 0.15) is 79.4 Å². The average molecular weight is 708 g/mol. The second-order valence-corrected chi connectivity index (χ2v) is 15.7. The molecule has 1 N–H and O–H groups in total. The number of halogens is 3. The number of piperazine rings is 1. The van der Waals surface area contributed by atoms with E-state index >= 15 is 8.78 Å². The van der Waals surface area contributed by atoms with Crippen molar-refractivity contribution in [1.29, 1.82) is 0 Å². The average Bonchev–Trinajstić information content (AvgIpc) is 3.41. The van der Waals surface area contributed by atoms with Gasteiger partial charge in [0, 0.05) is 68.4 Å². The Morgan fingerprint density at radius 2 is 1.70 bits per heavy atom. The van der Waals surface area contributed by atoms with Crippen molar-refractivity contribution in [3.05, 3.63) is 75.3 Å². The van der Waals surface area contributed by atoms with Gasteiger partial charge in [0.2, 0.25) is 17.7 Å². The van der Waals surface area contributed by atoms with E-state index in [1.807, 2.05) is 46.2 Å². The standard InChI is InChI=1S/C38H44ClF2N5O4/c1-37(2)14-12-28(29(20-37)24-6-8-27(39)9-7-24)35(49)45-18-16-44(17-19-45)31-13-15-43(23-38(31,40)41)21-25-4-3-5-26-22-46(36(50)33(25)26)30-10-11-32(47)42-34(30)48/h3-9,30-31H,10-23H2,1-2H3,(H,42,47,48). The third kappa shape index (κ3) is 6.84. The van der Waals surface area contributed by atoms with Gasteiger partial charge in [-0.05, 0) is 71.9 Å². The summed E-state index contributed by atoms with van der Waals surface area (Å²) in [6, 6.07) is 11.4. The first-order chi connectivity index (χ1) is 23.8. The zero-order valence-corrected chi connectivity index (χ0v) is 29.4. The van der Waals surface area contributed by atoms with Crippen LogP contribution in [0.3, 0.4) is 0 Å². The fourth-order valence-corrected chi connectivity index (χ4v) is 8.65. The van der Waals surface area contributed by atoms with Gasteiger partial charge in [-0.25, -0.2) is 8.78 Å². The number of nitrogens with zero attached hydrogens (tertiary/aromatic N) is 4. The zero-order chi connectivity index (χ0) is 35.4. The SMILES string of the molecule is CC1(C)CCC(C(=O)N2CCN(C3CCN(Cc4cccc5c4C(=O)N(C4CCC(=O)NC4=O)C5)CC3(F)F)CC2)=C(c2ccc(Cl)cc2)C1. The number of benzene rings is 2. The van der Waals surface area contributed by atoms with Crippen LogP contribution in [-0.2, 0) is 27.5 Å². The highest BCUT2D eigenvalue weighted by atomic mass is 35.5. The number of piperidine rings is 2. The Kier molecular flexibility index (Phi) is 9.36. The molecule has 4 aliphatic heterocycles. The van der Waals surface area contributed by atoms with Gasteiger partial charge in [-0.15, -0.1) is 0 Å². The van der Waals surface area contributed by atoms with E-state index in [2.05, 4.69) is 19.2 Å². The molecular formula is C38H44ClF2N5O4. The quantitative estimate of drug-likeness (QED) is 0.420. The predicted molar refractivity (Wildman–Crippen MR) is 185 cm³/mol. The van der Waals surface area contributed by atoms with E-state index in [1.165, 1.54) is 4.90 Å². The molecule has 1 aliphatic carbocycles. The first kappa shape index (κ1) is 34.8. The van der Waals surface area contributed by atoms with E-state index in [-0.39, 0.29) is 55.5 Å². The molecule has 4 heterocycles. The fraction of sp³-hybridized carbons (Fsp3) is 0.526. The topological polar surface area (TPSA) is 93.3 Å². The van der Waals surface area contributed by atoms with Crippen molar-refractivity contribution in [2.24, 2.45) is 5.41 Å². The van der Waals surface area contributed by atoms with Crippen LogP contribution >= 0.6 is 11.6 Å². The Bertz CT molecular complexity index is 1740. The second kappa shape index (κ2) is 13.5. The first-order valence-electron chi connectivity index (χ1n) is 17.7. The maximum Gasteiger partial charge on any atom is 0.275 e. The number of imide groups is 1. The number of fused-ring (bicyclic) bond motifs is 1. The summed E-state index contributed by atoms with van der Waals surface area (Å²) in [6.45, 7) is 6.48. The summed E-state index contributed by atoms with van der Waals surface area (Å²) in [5.74, 6) is -4.10. The highest BCUT2D eigenvalue weighted by Crippen LogP contribution is 2.44. The maximum absolute atomic E-state index is 15.9. The molecule has 12 heteroatoms. The molecule has 0 saturated carbocycles. The molecule has 4 amide bonds. The van der Waals surface area contributed by atoms with Crippen molar-refractivity contribution in [2.75, 3.05) is 39.3 Å². The number of nitrogens with one attached hydrogen (secondary N) is 1. The molecule has 3 fully saturated rings. The molecule has 2 aromatic carbocycles. The number of allylic oxidation sites excluding steroid dienone is 1. The summed E-state index contributed by atoms with van der Waals surface area (Å²) in [6.07, 6.45) is 3.09. The summed E-state index contributed by atoms with van der Waals surface area (Å²) in [5.41, 5.74) is 4.86. The summed E-state index contributed by atoms with van der Waals surface area (Å²) in [7, 11) is 0. The molecule has 3 saturated heterocycles. The lowest BCUT2D eigenvalue weighted by molar-refractivity contribution is -0.142. The van der Waals surface area contributed by atoms with Gasteiger partial charge in [0.05, 0.1) is 12.6 Å². The number of alkyl halides is 2. The third-order valence-electron chi connectivity index (χ3n) is 11.2. The minimum absolute atomic E-state index is 0.00721. The smallest absolute Gasteiger partial charge is 0.275 e. The molecule has 2 unspecified atom stereocenters. The number of amides is 4. The highest BCUT2D eigenvalue weighted by molar-refractivity contribution is 6.30. The summed E-state index contributed by atoms with van der Waals surface area (Å²) >= 11 is 6.15. The highest BCUT2D eigenvalue weighted by Gasteiger charge is 2.49. The Hall–Kier alpha value is -3.67. The molecule has 5 aliphatic rings. The molecular weight excluding hydrogens is 664 g/mol. The number of carbonyl (C=O) groups excluding carboxylic acids is 4. The fourth-order valence-electron chi connectivity index (χ4n) is 8.52. The van der Waals surface area contributed by atoms with E-state index in [9.17, 15) is 19.2 Å². The van der Waals surface area contributed by atoms with Gasteiger partial charge in [-0.1, -0.05) is 55.8 Å². The number of rotatable bonds is 6. The summed E-state index contributed by atoms with van der Waals surface area (Å²) < 4.78 is 31.8. The minimum atomic E-state index is -2.98. The van der Waals surface area contributed by atoms with E-state index in [4.69, 9.17) is 11.6 Å². The van der Waals surface area contributed by atoms with Crippen LogP contribution in [0.4, 0.5) is 8.78 Å². The van der Waals surface area contributed by atoms with Crippen LogP contribution in [0.2, 0.25) is 5.02 Å². The van der Waals surface area contributed by atoms with Crippen LogP contribution in [0.5, 0.6) is 0 Å². The largest absolute Gasteiger partial charge is 0.336 e. The van der Waals surface area contributed by atoms with Gasteiger partial charge in [-0.3, -0.25) is 34.3 Å². The Morgan fingerprint density at radius 3 is 2.40 bits per heavy atom. The number of hydrogen-bond acceptors (Lipinski definition) is 6. The molecule has 0 aromatic heterocycles. The predicted octanol–water partition coefficient (Wildman–Crippen LogP) is 5.12. The zero-order valence-electron chi connectivity index (χ0n) is 28.7. The maximum atomic E-state index is 15.9. The number of likely N-dealkylation sites (tertiary alicyclic amines) is 1. The Morgan fingerprint density at radius 1 is 0.960 bits per heavy atom. The molecule has 2 aromatic rings. The van der Waals surface area contributed by atoms with Crippen molar-refractivity contribution in [2.45, 2.75) is 83.5 Å². The molecule has 0 radical (unpaired) electrons. The van der Waals surface area contributed by atoms with Crippen molar-refractivity contribution in [1.82, 2.24) is 24.9 Å². The third-order valence-corrected chi connectivity index (χ3v) is 11.5. The van der Waals surface area contributed by atoms with E-state index < -0.39 is 30.5 Å². The summed E-state index contributed by atoms with van der Waals surface area (Å²) in [5, 5.41) is 2.96. The van der Waals surface area contributed by atoms with Crippen LogP contribution in [0.25, 0.3) is 5.57 Å². The van der Waals surface area contributed by atoms with Crippen molar-refractivity contribution < 1.29 is 28.0 Å². The van der Waals surface area contributed by atoms with Crippen molar-refractivity contribution in [3.63, 3.8) is 0 Å².